The third-order valence-corrected chi connectivity index (χ3v) is 4.27. The maximum Gasteiger partial charge on any atom is 0.220 e. The van der Waals surface area contributed by atoms with Gasteiger partial charge in [-0.15, -0.1) is 0 Å². The van der Waals surface area contributed by atoms with Gasteiger partial charge in [-0.25, -0.2) is 0 Å². The van der Waals surface area contributed by atoms with E-state index in [0.29, 0.717) is 17.9 Å². The number of hydrogen-bond donors (Lipinski definition) is 2. The van der Waals surface area contributed by atoms with Gasteiger partial charge in [-0.1, -0.05) is 41.9 Å². The van der Waals surface area contributed by atoms with Crippen LogP contribution in [-0.2, 0) is 11.2 Å². The molecule has 0 radical (unpaired) electrons. The van der Waals surface area contributed by atoms with Gasteiger partial charge in [-0.05, 0) is 42.7 Å². The number of aliphatic hydroxyl groups excluding tert-OH is 1. The van der Waals surface area contributed by atoms with Crippen molar-refractivity contribution in [3.05, 3.63) is 64.7 Å². The SMILES string of the molecule is COc1ccc(C(O)C(C)NC(=O)CCc2ccccc2Cl)cc1. The van der Waals surface area contributed by atoms with Gasteiger partial charge in [0, 0.05) is 11.4 Å². The fourth-order valence-corrected chi connectivity index (χ4v) is 2.67. The molecule has 0 bridgehead atoms. The molecule has 24 heavy (non-hydrogen) atoms. The van der Waals surface area contributed by atoms with Crippen LogP contribution in [0.15, 0.2) is 48.5 Å². The van der Waals surface area contributed by atoms with Gasteiger partial charge in [0.2, 0.25) is 5.91 Å². The number of rotatable bonds is 7. The highest BCUT2D eigenvalue weighted by atomic mass is 35.5. The molecule has 0 aromatic heterocycles. The van der Waals surface area contributed by atoms with Crippen LogP contribution in [0.2, 0.25) is 5.02 Å². The van der Waals surface area contributed by atoms with Crippen LogP contribution in [0.25, 0.3) is 0 Å². The Morgan fingerprint density at radius 1 is 1.21 bits per heavy atom. The van der Waals surface area contributed by atoms with Crippen LogP contribution in [0.1, 0.15) is 30.6 Å². The second-order valence-corrected chi connectivity index (χ2v) is 6.07. The summed E-state index contributed by atoms with van der Waals surface area (Å²) >= 11 is 6.09. The van der Waals surface area contributed by atoms with Crippen molar-refractivity contribution in [2.45, 2.75) is 31.9 Å². The highest BCUT2D eigenvalue weighted by Crippen LogP contribution is 2.20. The summed E-state index contributed by atoms with van der Waals surface area (Å²) in [4.78, 5) is 12.1. The topological polar surface area (TPSA) is 58.6 Å². The summed E-state index contributed by atoms with van der Waals surface area (Å²) < 4.78 is 5.10. The van der Waals surface area contributed by atoms with Gasteiger partial charge in [0.1, 0.15) is 5.75 Å². The van der Waals surface area contributed by atoms with Crippen LogP contribution in [0.4, 0.5) is 0 Å². The summed E-state index contributed by atoms with van der Waals surface area (Å²) in [7, 11) is 1.59. The largest absolute Gasteiger partial charge is 0.497 e. The van der Waals surface area contributed by atoms with E-state index >= 15 is 0 Å². The quantitative estimate of drug-likeness (QED) is 0.805. The number of hydrogen-bond acceptors (Lipinski definition) is 3. The molecule has 2 rings (SSSR count). The number of amides is 1. The molecule has 0 aliphatic rings. The first-order chi connectivity index (χ1) is 11.5. The zero-order valence-electron chi connectivity index (χ0n) is 13.8. The van der Waals surface area contributed by atoms with Crippen molar-refractivity contribution in [3.8, 4) is 5.75 Å². The number of benzene rings is 2. The lowest BCUT2D eigenvalue weighted by atomic mass is 10.0. The van der Waals surface area contributed by atoms with Crippen molar-refractivity contribution < 1.29 is 14.6 Å². The molecule has 0 spiro atoms. The van der Waals surface area contributed by atoms with Crippen LogP contribution >= 0.6 is 11.6 Å². The number of aryl methyl sites for hydroxylation is 1. The first-order valence-corrected chi connectivity index (χ1v) is 8.24. The van der Waals surface area contributed by atoms with Gasteiger partial charge >= 0.3 is 0 Å². The number of methoxy groups -OCH3 is 1. The molecule has 2 N–H and O–H groups in total. The monoisotopic (exact) mass is 347 g/mol. The smallest absolute Gasteiger partial charge is 0.220 e. The van der Waals surface area contributed by atoms with Crippen LogP contribution in [0.3, 0.4) is 0 Å². The van der Waals surface area contributed by atoms with Crippen molar-refractivity contribution in [3.63, 3.8) is 0 Å². The molecular formula is C19H22ClNO3. The highest BCUT2D eigenvalue weighted by Gasteiger charge is 2.18. The Morgan fingerprint density at radius 2 is 1.88 bits per heavy atom. The molecule has 4 nitrogen and oxygen atoms in total. The first-order valence-electron chi connectivity index (χ1n) is 7.86. The Morgan fingerprint density at radius 3 is 2.50 bits per heavy atom. The van der Waals surface area contributed by atoms with Gasteiger partial charge in [-0.3, -0.25) is 4.79 Å². The van der Waals surface area contributed by atoms with Gasteiger partial charge in [0.15, 0.2) is 0 Å². The van der Waals surface area contributed by atoms with Crippen molar-refractivity contribution in [2.24, 2.45) is 0 Å². The average molecular weight is 348 g/mol. The highest BCUT2D eigenvalue weighted by molar-refractivity contribution is 6.31. The molecule has 0 aliphatic carbocycles. The standard InChI is InChI=1S/C19H22ClNO3/c1-13(19(23)15-7-10-16(24-2)11-8-15)21-18(22)12-9-14-5-3-4-6-17(14)20/h3-8,10-11,13,19,23H,9,12H2,1-2H3,(H,21,22). The number of aliphatic hydroxyl groups is 1. The summed E-state index contributed by atoms with van der Waals surface area (Å²) in [6.45, 7) is 1.78. The van der Waals surface area contributed by atoms with Crippen LogP contribution in [0.5, 0.6) is 5.75 Å². The van der Waals surface area contributed by atoms with Gasteiger partial charge < -0.3 is 15.2 Å². The lowest BCUT2D eigenvalue weighted by Gasteiger charge is -2.21. The van der Waals surface area contributed by atoms with Crippen LogP contribution in [-0.4, -0.2) is 24.2 Å². The van der Waals surface area contributed by atoms with Gasteiger partial charge in [0.05, 0.1) is 19.3 Å². The zero-order chi connectivity index (χ0) is 17.5. The zero-order valence-corrected chi connectivity index (χ0v) is 14.6. The average Bonchev–Trinajstić information content (AvgIpc) is 2.60. The van der Waals surface area contributed by atoms with E-state index in [-0.39, 0.29) is 5.91 Å². The fraction of sp³-hybridized carbons (Fsp3) is 0.316. The van der Waals surface area contributed by atoms with Crippen molar-refractivity contribution in [1.29, 1.82) is 0 Å². The van der Waals surface area contributed by atoms with E-state index < -0.39 is 12.1 Å². The third-order valence-electron chi connectivity index (χ3n) is 3.90. The molecule has 1 amide bonds. The van der Waals surface area contributed by atoms with E-state index in [9.17, 15) is 9.90 Å². The number of ether oxygens (including phenoxy) is 1. The Hall–Kier alpha value is -2.04. The molecule has 2 aromatic rings. The number of halogens is 1. The summed E-state index contributed by atoms with van der Waals surface area (Å²) in [6, 6.07) is 14.2. The van der Waals surface area contributed by atoms with Crippen molar-refractivity contribution in [1.82, 2.24) is 5.32 Å². The maximum atomic E-state index is 12.1. The second-order valence-electron chi connectivity index (χ2n) is 5.67. The molecule has 0 saturated carbocycles. The number of carbonyl (C=O) groups excluding carboxylic acids is 1. The normalized spacial score (nSPS) is 13.2. The minimum Gasteiger partial charge on any atom is -0.497 e. The Bertz CT molecular complexity index is 673. The van der Waals surface area contributed by atoms with E-state index in [1.807, 2.05) is 24.3 Å². The van der Waals surface area contributed by atoms with Crippen LogP contribution in [0, 0.1) is 0 Å². The van der Waals surface area contributed by atoms with E-state index in [2.05, 4.69) is 5.32 Å². The lowest BCUT2D eigenvalue weighted by Crippen LogP contribution is -2.37. The Balaban J connectivity index is 1.87. The molecule has 0 saturated heterocycles. The van der Waals surface area contributed by atoms with Gasteiger partial charge in [0.25, 0.3) is 0 Å². The third kappa shape index (κ3) is 4.98. The summed E-state index contributed by atoms with van der Waals surface area (Å²) in [6.07, 6.45) is 0.112. The molecule has 0 aliphatic heterocycles. The molecule has 2 atom stereocenters. The predicted molar refractivity (Wildman–Crippen MR) is 95.3 cm³/mol. The first kappa shape index (κ1) is 18.3. The molecule has 0 heterocycles. The maximum absolute atomic E-state index is 12.1. The fourth-order valence-electron chi connectivity index (χ4n) is 2.44. The van der Waals surface area contributed by atoms with Crippen LogP contribution < -0.4 is 10.1 Å². The van der Waals surface area contributed by atoms with E-state index in [1.54, 1.807) is 38.3 Å². The Kier molecular flexibility index (Phi) is 6.64. The minimum absolute atomic E-state index is 0.116. The molecule has 0 fully saturated rings. The van der Waals surface area contributed by atoms with Crippen molar-refractivity contribution >= 4 is 17.5 Å². The second kappa shape index (κ2) is 8.71. The molecule has 2 aromatic carbocycles. The molecular weight excluding hydrogens is 326 g/mol. The molecule has 2 unspecified atom stereocenters. The number of carbonyl (C=O) groups is 1. The molecule has 128 valence electrons. The minimum atomic E-state index is -0.778. The van der Waals surface area contributed by atoms with Crippen molar-refractivity contribution in [2.75, 3.05) is 7.11 Å². The summed E-state index contributed by atoms with van der Waals surface area (Å²) in [5.41, 5.74) is 1.67. The Labute approximate surface area is 147 Å². The lowest BCUT2D eigenvalue weighted by molar-refractivity contribution is -0.122. The number of nitrogens with one attached hydrogen (secondary N) is 1. The van der Waals surface area contributed by atoms with E-state index in [0.717, 1.165) is 16.9 Å². The molecule has 5 heteroatoms. The predicted octanol–water partition coefficient (Wildman–Crippen LogP) is 3.52. The van der Waals surface area contributed by atoms with E-state index in [1.165, 1.54) is 0 Å². The van der Waals surface area contributed by atoms with Gasteiger partial charge in [-0.2, -0.15) is 0 Å². The summed E-state index contributed by atoms with van der Waals surface area (Å²) in [5.74, 6) is 0.609. The van der Waals surface area contributed by atoms with E-state index in [4.69, 9.17) is 16.3 Å². The summed E-state index contributed by atoms with van der Waals surface area (Å²) in [5, 5.41) is 13.9.